The van der Waals surface area contributed by atoms with Crippen molar-refractivity contribution in [2.45, 2.75) is 64.0 Å². The highest BCUT2D eigenvalue weighted by Crippen LogP contribution is 2.20. The van der Waals surface area contributed by atoms with E-state index in [0.717, 1.165) is 19.6 Å². The second-order valence-electron chi connectivity index (χ2n) is 4.74. The fourth-order valence-corrected chi connectivity index (χ4v) is 2.24. The highest BCUT2D eigenvalue weighted by Gasteiger charge is 2.14. The molecule has 4 heteroatoms. The molecule has 2 N–H and O–H groups in total. The van der Waals surface area contributed by atoms with Crippen molar-refractivity contribution < 1.29 is 14.6 Å². The maximum Gasteiger partial charge on any atom is 0.320 e. The molecule has 0 saturated heterocycles. The Kier molecular flexibility index (Phi) is 7.21. The summed E-state index contributed by atoms with van der Waals surface area (Å²) < 4.78 is 5.77. The Hall–Kier alpha value is -0.610. The van der Waals surface area contributed by atoms with Gasteiger partial charge in [0.15, 0.2) is 0 Å². The second-order valence-corrected chi connectivity index (χ2v) is 4.74. The van der Waals surface area contributed by atoms with Crippen molar-refractivity contribution in [3.63, 3.8) is 0 Å². The number of hydrogen-bond acceptors (Lipinski definition) is 3. The number of aliphatic carboxylic acids is 1. The van der Waals surface area contributed by atoms with Crippen LogP contribution in [-0.4, -0.2) is 36.4 Å². The Labute approximate surface area is 104 Å². The standard InChI is InChI=1S/C13H25NO3/c1-2-12(13(15)16)14-9-6-10-17-11-7-4-3-5-8-11/h11-12,14H,2-10H2,1H3,(H,15,16). The van der Waals surface area contributed by atoms with E-state index in [2.05, 4.69) is 5.32 Å². The van der Waals surface area contributed by atoms with Crippen LogP contribution in [0.15, 0.2) is 0 Å². The van der Waals surface area contributed by atoms with E-state index in [1.165, 1.54) is 32.1 Å². The molecule has 0 radical (unpaired) electrons. The summed E-state index contributed by atoms with van der Waals surface area (Å²) in [6.45, 7) is 3.34. The summed E-state index contributed by atoms with van der Waals surface area (Å²) in [5.74, 6) is -0.763. The molecule has 0 aliphatic heterocycles. The van der Waals surface area contributed by atoms with Gasteiger partial charge >= 0.3 is 5.97 Å². The smallest absolute Gasteiger partial charge is 0.320 e. The van der Waals surface area contributed by atoms with Gasteiger partial charge in [-0.3, -0.25) is 4.79 Å². The lowest BCUT2D eigenvalue weighted by Crippen LogP contribution is -2.37. The summed E-state index contributed by atoms with van der Waals surface area (Å²) in [5, 5.41) is 11.9. The van der Waals surface area contributed by atoms with E-state index in [0.29, 0.717) is 12.5 Å². The average molecular weight is 243 g/mol. The molecule has 0 heterocycles. The molecular weight excluding hydrogens is 218 g/mol. The molecule has 0 aromatic heterocycles. The van der Waals surface area contributed by atoms with Crippen LogP contribution in [0.3, 0.4) is 0 Å². The number of nitrogens with one attached hydrogen (secondary N) is 1. The molecule has 1 rings (SSSR count). The van der Waals surface area contributed by atoms with Gasteiger partial charge in [-0.25, -0.2) is 0 Å². The zero-order chi connectivity index (χ0) is 12.5. The van der Waals surface area contributed by atoms with Crippen molar-refractivity contribution in [2.75, 3.05) is 13.2 Å². The third-order valence-electron chi connectivity index (χ3n) is 3.32. The van der Waals surface area contributed by atoms with Crippen molar-refractivity contribution in [1.82, 2.24) is 5.32 Å². The Balaban J connectivity index is 1.98. The third kappa shape index (κ3) is 6.03. The first kappa shape index (κ1) is 14.5. The molecule has 1 unspecified atom stereocenters. The number of carbonyl (C=O) groups is 1. The predicted octanol–water partition coefficient (Wildman–Crippen LogP) is 2.18. The minimum atomic E-state index is -0.763. The molecule has 1 saturated carbocycles. The first-order chi connectivity index (χ1) is 8.24. The van der Waals surface area contributed by atoms with Crippen molar-refractivity contribution in [1.29, 1.82) is 0 Å². The lowest BCUT2D eigenvalue weighted by Gasteiger charge is -2.22. The largest absolute Gasteiger partial charge is 0.480 e. The second kappa shape index (κ2) is 8.48. The van der Waals surface area contributed by atoms with Crippen LogP contribution in [0.1, 0.15) is 51.9 Å². The van der Waals surface area contributed by atoms with E-state index in [1.54, 1.807) is 0 Å². The lowest BCUT2D eigenvalue weighted by molar-refractivity contribution is -0.139. The lowest BCUT2D eigenvalue weighted by atomic mass is 9.98. The molecule has 0 spiro atoms. The summed E-state index contributed by atoms with van der Waals surface area (Å²) in [6, 6.07) is -0.412. The van der Waals surface area contributed by atoms with E-state index in [4.69, 9.17) is 9.84 Å². The number of ether oxygens (including phenoxy) is 1. The van der Waals surface area contributed by atoms with E-state index >= 15 is 0 Å². The minimum Gasteiger partial charge on any atom is -0.480 e. The van der Waals surface area contributed by atoms with Crippen LogP contribution >= 0.6 is 0 Å². The normalized spacial score (nSPS) is 19.1. The maximum absolute atomic E-state index is 10.7. The van der Waals surface area contributed by atoms with Crippen molar-refractivity contribution >= 4 is 5.97 Å². The SMILES string of the molecule is CCC(NCCCOC1CCCCC1)C(=O)O. The van der Waals surface area contributed by atoms with Gasteiger partial charge in [0, 0.05) is 6.61 Å². The molecule has 4 nitrogen and oxygen atoms in total. The summed E-state index contributed by atoms with van der Waals surface area (Å²) in [7, 11) is 0. The molecule has 0 amide bonds. The third-order valence-corrected chi connectivity index (χ3v) is 3.32. The summed E-state index contributed by atoms with van der Waals surface area (Å²) in [4.78, 5) is 10.7. The number of rotatable bonds is 8. The Morgan fingerprint density at radius 1 is 1.41 bits per heavy atom. The van der Waals surface area contributed by atoms with Gasteiger partial charge in [0.05, 0.1) is 6.10 Å². The van der Waals surface area contributed by atoms with Crippen LogP contribution in [0.5, 0.6) is 0 Å². The van der Waals surface area contributed by atoms with Gasteiger partial charge < -0.3 is 15.2 Å². The Morgan fingerprint density at radius 2 is 2.12 bits per heavy atom. The Morgan fingerprint density at radius 3 is 2.71 bits per heavy atom. The number of hydrogen-bond donors (Lipinski definition) is 2. The van der Waals surface area contributed by atoms with Gasteiger partial charge in [-0.2, -0.15) is 0 Å². The molecule has 100 valence electrons. The molecule has 0 aromatic rings. The maximum atomic E-state index is 10.7. The highest BCUT2D eigenvalue weighted by molar-refractivity contribution is 5.73. The fraction of sp³-hybridized carbons (Fsp3) is 0.923. The molecule has 1 fully saturated rings. The van der Waals surface area contributed by atoms with Gasteiger partial charge in [-0.1, -0.05) is 26.2 Å². The van der Waals surface area contributed by atoms with Gasteiger partial charge in [-0.05, 0) is 32.2 Å². The monoisotopic (exact) mass is 243 g/mol. The highest BCUT2D eigenvalue weighted by atomic mass is 16.5. The van der Waals surface area contributed by atoms with Crippen LogP contribution in [0.2, 0.25) is 0 Å². The molecule has 17 heavy (non-hydrogen) atoms. The molecule has 0 bridgehead atoms. The van der Waals surface area contributed by atoms with Gasteiger partial charge in [-0.15, -0.1) is 0 Å². The van der Waals surface area contributed by atoms with E-state index < -0.39 is 12.0 Å². The summed E-state index contributed by atoms with van der Waals surface area (Å²) >= 11 is 0. The molecule has 1 atom stereocenters. The summed E-state index contributed by atoms with van der Waals surface area (Å²) in [5.41, 5.74) is 0. The van der Waals surface area contributed by atoms with E-state index in [1.807, 2.05) is 6.92 Å². The van der Waals surface area contributed by atoms with Crippen molar-refractivity contribution in [3.8, 4) is 0 Å². The van der Waals surface area contributed by atoms with Crippen LogP contribution in [0.4, 0.5) is 0 Å². The van der Waals surface area contributed by atoms with Gasteiger partial charge in [0.25, 0.3) is 0 Å². The minimum absolute atomic E-state index is 0.412. The zero-order valence-electron chi connectivity index (χ0n) is 10.8. The number of carboxylic acid groups (broad SMARTS) is 1. The van der Waals surface area contributed by atoms with Crippen molar-refractivity contribution in [2.24, 2.45) is 0 Å². The van der Waals surface area contributed by atoms with E-state index in [-0.39, 0.29) is 0 Å². The molecule has 1 aliphatic carbocycles. The van der Waals surface area contributed by atoms with Crippen LogP contribution < -0.4 is 5.32 Å². The van der Waals surface area contributed by atoms with Crippen LogP contribution in [0.25, 0.3) is 0 Å². The number of carboxylic acids is 1. The molecule has 0 aromatic carbocycles. The first-order valence-corrected chi connectivity index (χ1v) is 6.81. The van der Waals surface area contributed by atoms with Crippen LogP contribution in [0, 0.1) is 0 Å². The zero-order valence-corrected chi connectivity index (χ0v) is 10.8. The van der Waals surface area contributed by atoms with Crippen molar-refractivity contribution in [3.05, 3.63) is 0 Å². The quantitative estimate of drug-likeness (QED) is 0.641. The fourth-order valence-electron chi connectivity index (χ4n) is 2.24. The van der Waals surface area contributed by atoms with Crippen LogP contribution in [-0.2, 0) is 9.53 Å². The Bertz CT molecular complexity index is 215. The first-order valence-electron chi connectivity index (χ1n) is 6.81. The topological polar surface area (TPSA) is 58.6 Å². The van der Waals surface area contributed by atoms with Gasteiger partial charge in [0.2, 0.25) is 0 Å². The van der Waals surface area contributed by atoms with Gasteiger partial charge in [0.1, 0.15) is 6.04 Å². The molecular formula is C13H25NO3. The molecule has 1 aliphatic rings. The predicted molar refractivity (Wildman–Crippen MR) is 67.2 cm³/mol. The average Bonchev–Trinajstić information content (AvgIpc) is 2.34. The summed E-state index contributed by atoms with van der Waals surface area (Å²) in [6.07, 6.45) is 8.28. The van der Waals surface area contributed by atoms with E-state index in [9.17, 15) is 4.79 Å².